The highest BCUT2D eigenvalue weighted by atomic mass is 14.2. The molecule has 0 heteroatoms. The van der Waals surface area contributed by atoms with Crippen molar-refractivity contribution in [3.8, 4) is 0 Å². The number of allylic oxidation sites excluding steroid dienone is 3. The van der Waals surface area contributed by atoms with Gasteiger partial charge in [0.1, 0.15) is 0 Å². The molecule has 1 atom stereocenters. The van der Waals surface area contributed by atoms with E-state index in [0.29, 0.717) is 0 Å². The molecule has 0 fully saturated rings. The van der Waals surface area contributed by atoms with Crippen molar-refractivity contribution in [2.24, 2.45) is 11.8 Å². The van der Waals surface area contributed by atoms with Crippen LogP contribution in [0.1, 0.15) is 26.7 Å². The molecule has 0 nitrogen and oxygen atoms in total. The maximum absolute atomic E-state index is 4.03. The van der Waals surface area contributed by atoms with Crippen molar-refractivity contribution in [3.05, 3.63) is 24.3 Å². The molecule has 1 aliphatic rings. The summed E-state index contributed by atoms with van der Waals surface area (Å²) >= 11 is 0. The Morgan fingerprint density at radius 3 is 2.70 bits per heavy atom. The van der Waals surface area contributed by atoms with Gasteiger partial charge in [-0.3, -0.25) is 0 Å². The second-order valence-electron chi connectivity index (χ2n) is 3.41. The zero-order chi connectivity index (χ0) is 7.56. The molecule has 0 amide bonds. The van der Waals surface area contributed by atoms with E-state index < -0.39 is 0 Å². The lowest BCUT2D eigenvalue weighted by Crippen LogP contribution is -2.11. The van der Waals surface area contributed by atoms with Crippen LogP contribution in [0.2, 0.25) is 0 Å². The summed E-state index contributed by atoms with van der Waals surface area (Å²) in [6.45, 7) is 8.58. The number of hydrogen-bond donors (Lipinski definition) is 0. The summed E-state index contributed by atoms with van der Waals surface area (Å²) in [6.07, 6.45) is 6.93. The Kier molecular flexibility index (Phi) is 2.31. The molecule has 0 aromatic carbocycles. The van der Waals surface area contributed by atoms with Crippen LogP contribution >= 0.6 is 0 Å². The van der Waals surface area contributed by atoms with Crippen LogP contribution < -0.4 is 0 Å². The van der Waals surface area contributed by atoms with E-state index in [2.05, 4.69) is 32.6 Å². The lowest BCUT2D eigenvalue weighted by molar-refractivity contribution is 0.418. The van der Waals surface area contributed by atoms with E-state index in [9.17, 15) is 0 Å². The quantitative estimate of drug-likeness (QED) is 0.519. The second kappa shape index (κ2) is 3.05. The molecule has 1 unspecified atom stereocenters. The van der Waals surface area contributed by atoms with Gasteiger partial charge >= 0.3 is 0 Å². The normalized spacial score (nSPS) is 25.9. The molecule has 1 aliphatic carbocycles. The van der Waals surface area contributed by atoms with Crippen molar-refractivity contribution in [1.82, 2.24) is 0 Å². The van der Waals surface area contributed by atoms with Crippen LogP contribution in [-0.2, 0) is 0 Å². The fourth-order valence-electron chi connectivity index (χ4n) is 1.58. The highest BCUT2D eigenvalue weighted by Crippen LogP contribution is 2.28. The first-order chi connectivity index (χ1) is 4.72. The van der Waals surface area contributed by atoms with Gasteiger partial charge < -0.3 is 0 Å². The summed E-state index contributed by atoms with van der Waals surface area (Å²) < 4.78 is 0. The molecule has 0 aliphatic heterocycles. The Bertz CT molecular complexity index is 151. The van der Waals surface area contributed by atoms with E-state index >= 15 is 0 Å². The smallest absolute Gasteiger partial charge is 0.0142 e. The Morgan fingerprint density at radius 1 is 1.60 bits per heavy atom. The number of hydrogen-bond acceptors (Lipinski definition) is 0. The third-order valence-corrected chi connectivity index (χ3v) is 2.26. The molecule has 0 N–H and O–H groups in total. The SMILES string of the molecule is C=C1C=CCCC1C(C)C. The van der Waals surface area contributed by atoms with Gasteiger partial charge in [-0.25, -0.2) is 0 Å². The molecule has 0 bridgehead atoms. The van der Waals surface area contributed by atoms with Crippen molar-refractivity contribution in [2.45, 2.75) is 26.7 Å². The van der Waals surface area contributed by atoms with Gasteiger partial charge in [0.15, 0.2) is 0 Å². The molecular weight excluding hydrogens is 120 g/mol. The maximum atomic E-state index is 4.03. The maximum Gasteiger partial charge on any atom is -0.0142 e. The molecule has 56 valence electrons. The van der Waals surface area contributed by atoms with E-state index in [1.165, 1.54) is 18.4 Å². The van der Waals surface area contributed by atoms with Gasteiger partial charge in [0.25, 0.3) is 0 Å². The molecule has 1 rings (SSSR count). The van der Waals surface area contributed by atoms with Crippen LogP contribution in [0.15, 0.2) is 24.3 Å². The molecule has 0 radical (unpaired) electrons. The van der Waals surface area contributed by atoms with Crippen LogP contribution in [0.3, 0.4) is 0 Å². The van der Waals surface area contributed by atoms with Gasteiger partial charge in [0, 0.05) is 0 Å². The zero-order valence-electron chi connectivity index (χ0n) is 6.93. The highest BCUT2D eigenvalue weighted by molar-refractivity contribution is 5.21. The third-order valence-electron chi connectivity index (χ3n) is 2.26. The van der Waals surface area contributed by atoms with Gasteiger partial charge in [-0.05, 0) is 24.7 Å². The predicted molar refractivity (Wildman–Crippen MR) is 45.8 cm³/mol. The summed E-state index contributed by atoms with van der Waals surface area (Å²) in [4.78, 5) is 0. The van der Waals surface area contributed by atoms with Gasteiger partial charge in [-0.1, -0.05) is 38.2 Å². The Labute approximate surface area is 63.6 Å². The van der Waals surface area contributed by atoms with Crippen LogP contribution in [0.25, 0.3) is 0 Å². The van der Waals surface area contributed by atoms with Gasteiger partial charge in [-0.15, -0.1) is 0 Å². The van der Waals surface area contributed by atoms with Crippen LogP contribution in [-0.4, -0.2) is 0 Å². The first-order valence-electron chi connectivity index (χ1n) is 4.07. The van der Waals surface area contributed by atoms with Crippen molar-refractivity contribution < 1.29 is 0 Å². The Morgan fingerprint density at radius 2 is 2.30 bits per heavy atom. The average Bonchev–Trinajstić information content (AvgIpc) is 1.88. The van der Waals surface area contributed by atoms with E-state index in [4.69, 9.17) is 0 Å². The topological polar surface area (TPSA) is 0 Å². The summed E-state index contributed by atoms with van der Waals surface area (Å²) in [5.41, 5.74) is 1.32. The fraction of sp³-hybridized carbons (Fsp3) is 0.600. The summed E-state index contributed by atoms with van der Waals surface area (Å²) in [5, 5.41) is 0. The van der Waals surface area contributed by atoms with E-state index in [-0.39, 0.29) is 0 Å². The molecule has 0 aromatic heterocycles. The lowest BCUT2D eigenvalue weighted by atomic mass is 9.82. The fourth-order valence-corrected chi connectivity index (χ4v) is 1.58. The van der Waals surface area contributed by atoms with E-state index in [1.807, 2.05) is 0 Å². The van der Waals surface area contributed by atoms with Crippen LogP contribution in [0, 0.1) is 11.8 Å². The first-order valence-corrected chi connectivity index (χ1v) is 4.07. The molecule has 0 saturated carbocycles. The third kappa shape index (κ3) is 1.50. The van der Waals surface area contributed by atoms with Crippen LogP contribution in [0.5, 0.6) is 0 Å². The van der Waals surface area contributed by atoms with E-state index in [0.717, 1.165) is 11.8 Å². The Hall–Kier alpha value is -0.520. The monoisotopic (exact) mass is 136 g/mol. The van der Waals surface area contributed by atoms with Crippen molar-refractivity contribution >= 4 is 0 Å². The zero-order valence-corrected chi connectivity index (χ0v) is 6.93. The molecule has 10 heavy (non-hydrogen) atoms. The van der Waals surface area contributed by atoms with Crippen molar-refractivity contribution in [1.29, 1.82) is 0 Å². The van der Waals surface area contributed by atoms with Gasteiger partial charge in [0.2, 0.25) is 0 Å². The lowest BCUT2D eigenvalue weighted by Gasteiger charge is -2.23. The van der Waals surface area contributed by atoms with Gasteiger partial charge in [-0.2, -0.15) is 0 Å². The summed E-state index contributed by atoms with van der Waals surface area (Å²) in [5.74, 6) is 1.50. The molecule has 0 spiro atoms. The molecule has 0 aromatic rings. The van der Waals surface area contributed by atoms with E-state index in [1.54, 1.807) is 0 Å². The molecular formula is C10H16. The van der Waals surface area contributed by atoms with Crippen LogP contribution in [0.4, 0.5) is 0 Å². The van der Waals surface area contributed by atoms with Gasteiger partial charge in [0.05, 0.1) is 0 Å². The second-order valence-corrected chi connectivity index (χ2v) is 3.41. The number of rotatable bonds is 1. The average molecular weight is 136 g/mol. The largest absolute Gasteiger partial charge is 0.0956 e. The van der Waals surface area contributed by atoms with Crippen molar-refractivity contribution in [3.63, 3.8) is 0 Å². The Balaban J connectivity index is 2.61. The summed E-state index contributed by atoms with van der Waals surface area (Å²) in [7, 11) is 0. The van der Waals surface area contributed by atoms with Crippen molar-refractivity contribution in [2.75, 3.05) is 0 Å². The molecule has 0 heterocycles. The highest BCUT2D eigenvalue weighted by Gasteiger charge is 2.16. The summed E-state index contributed by atoms with van der Waals surface area (Å²) in [6, 6.07) is 0. The molecule has 0 saturated heterocycles. The predicted octanol–water partition coefficient (Wildman–Crippen LogP) is 3.16. The minimum Gasteiger partial charge on any atom is -0.0956 e. The first kappa shape index (κ1) is 7.59. The minimum absolute atomic E-state index is 0.741. The minimum atomic E-state index is 0.741. The standard InChI is InChI=1S/C10H16/c1-8(2)10-7-5-4-6-9(10)3/h4,6,8,10H,3,5,7H2,1-2H3.